The standard InChI is InChI=1S/C27H23Cl4NO/c28-19-7-8-22(23(30)14-19)27(33)32-11-9-17(10-12-32)25-21-4-2-1-3-16(21)5-6-18-13-20(29)15-24(31)26(18)25/h1-4,7-8,13-15,17,25H,5-6,9-12H2. The van der Waals surface area contributed by atoms with Gasteiger partial charge in [-0.15, -0.1) is 0 Å². The quantitative estimate of drug-likeness (QED) is 0.335. The van der Waals surface area contributed by atoms with Crippen molar-refractivity contribution in [3.8, 4) is 0 Å². The van der Waals surface area contributed by atoms with Crippen LogP contribution in [0.4, 0.5) is 0 Å². The molecule has 6 heteroatoms. The molecule has 3 aromatic rings. The second-order valence-electron chi connectivity index (χ2n) is 8.89. The second kappa shape index (κ2) is 9.50. The van der Waals surface area contributed by atoms with Crippen LogP contribution in [-0.4, -0.2) is 23.9 Å². The average Bonchev–Trinajstić information content (AvgIpc) is 2.96. The zero-order chi connectivity index (χ0) is 23.1. The Bertz CT molecular complexity index is 1220. The number of carbonyl (C=O) groups is 1. The van der Waals surface area contributed by atoms with Gasteiger partial charge in [0.1, 0.15) is 0 Å². The summed E-state index contributed by atoms with van der Waals surface area (Å²) in [5.41, 5.74) is 5.67. The molecule has 0 aromatic heterocycles. The Morgan fingerprint density at radius 3 is 2.24 bits per heavy atom. The Kier molecular flexibility index (Phi) is 6.64. The van der Waals surface area contributed by atoms with Crippen molar-refractivity contribution in [2.24, 2.45) is 5.92 Å². The summed E-state index contributed by atoms with van der Waals surface area (Å²) in [7, 11) is 0. The van der Waals surface area contributed by atoms with Crippen LogP contribution in [0.3, 0.4) is 0 Å². The van der Waals surface area contributed by atoms with Crippen molar-refractivity contribution in [2.45, 2.75) is 31.6 Å². The van der Waals surface area contributed by atoms with Crippen molar-refractivity contribution >= 4 is 52.3 Å². The van der Waals surface area contributed by atoms with Gasteiger partial charge < -0.3 is 4.90 Å². The molecule has 0 radical (unpaired) electrons. The van der Waals surface area contributed by atoms with Crippen LogP contribution in [0.1, 0.15) is 51.4 Å². The van der Waals surface area contributed by atoms with E-state index in [0.717, 1.165) is 30.7 Å². The minimum absolute atomic E-state index is 0.0402. The molecule has 170 valence electrons. The monoisotopic (exact) mass is 517 g/mol. The molecule has 1 fully saturated rings. The average molecular weight is 519 g/mol. The lowest BCUT2D eigenvalue weighted by Gasteiger charge is -2.37. The van der Waals surface area contributed by atoms with Gasteiger partial charge in [-0.05, 0) is 84.2 Å². The van der Waals surface area contributed by atoms with E-state index in [-0.39, 0.29) is 11.8 Å². The molecule has 1 unspecified atom stereocenters. The van der Waals surface area contributed by atoms with Crippen molar-refractivity contribution in [1.29, 1.82) is 0 Å². The summed E-state index contributed by atoms with van der Waals surface area (Å²) in [5, 5.41) is 2.34. The number of hydrogen-bond acceptors (Lipinski definition) is 1. The van der Waals surface area contributed by atoms with Gasteiger partial charge in [-0.3, -0.25) is 4.79 Å². The van der Waals surface area contributed by atoms with Crippen molar-refractivity contribution in [3.63, 3.8) is 0 Å². The molecule has 2 nitrogen and oxygen atoms in total. The number of nitrogens with zero attached hydrogens (tertiary/aromatic N) is 1. The van der Waals surface area contributed by atoms with E-state index < -0.39 is 0 Å². The zero-order valence-electron chi connectivity index (χ0n) is 18.0. The highest BCUT2D eigenvalue weighted by molar-refractivity contribution is 6.37. The number of rotatable bonds is 2. The number of carbonyl (C=O) groups excluding carboxylic acids is 1. The minimum Gasteiger partial charge on any atom is -0.339 e. The fourth-order valence-corrected chi connectivity index (χ4v) is 6.58. The van der Waals surface area contributed by atoms with Gasteiger partial charge in [-0.25, -0.2) is 0 Å². The molecule has 1 aliphatic heterocycles. The van der Waals surface area contributed by atoms with E-state index in [1.165, 1.54) is 22.3 Å². The van der Waals surface area contributed by atoms with Gasteiger partial charge in [0.2, 0.25) is 0 Å². The van der Waals surface area contributed by atoms with Gasteiger partial charge in [-0.1, -0.05) is 70.7 Å². The Labute approximate surface area is 214 Å². The largest absolute Gasteiger partial charge is 0.339 e. The number of benzene rings is 3. The summed E-state index contributed by atoms with van der Waals surface area (Å²) in [4.78, 5) is 15.0. The van der Waals surface area contributed by atoms with Crippen molar-refractivity contribution in [2.75, 3.05) is 13.1 Å². The van der Waals surface area contributed by atoms with Crippen LogP contribution >= 0.6 is 46.4 Å². The molecular formula is C27H23Cl4NO. The molecule has 0 bridgehead atoms. The maximum Gasteiger partial charge on any atom is 0.255 e. The molecule has 1 heterocycles. The van der Waals surface area contributed by atoms with Crippen LogP contribution in [-0.2, 0) is 12.8 Å². The molecule has 0 saturated carbocycles. The van der Waals surface area contributed by atoms with Gasteiger partial charge in [0.25, 0.3) is 5.91 Å². The first kappa shape index (κ1) is 23.1. The predicted octanol–water partition coefficient (Wildman–Crippen LogP) is 8.08. The fourth-order valence-electron chi connectivity index (χ4n) is 5.44. The van der Waals surface area contributed by atoms with Crippen molar-refractivity contribution in [3.05, 3.63) is 103 Å². The maximum absolute atomic E-state index is 13.1. The van der Waals surface area contributed by atoms with Crippen LogP contribution in [0.2, 0.25) is 20.1 Å². The number of likely N-dealkylation sites (tertiary alicyclic amines) is 1. The SMILES string of the molecule is O=C(c1ccc(Cl)cc1Cl)N1CCC(C2c3ccccc3CCc3cc(Cl)cc(Cl)c32)CC1. The lowest BCUT2D eigenvalue weighted by Crippen LogP contribution is -2.40. The van der Waals surface area contributed by atoms with E-state index in [1.54, 1.807) is 18.2 Å². The Balaban J connectivity index is 1.44. The number of aryl methyl sites for hydroxylation is 2. The predicted molar refractivity (Wildman–Crippen MR) is 137 cm³/mol. The van der Waals surface area contributed by atoms with Crippen LogP contribution in [0.5, 0.6) is 0 Å². The Morgan fingerprint density at radius 2 is 1.48 bits per heavy atom. The van der Waals surface area contributed by atoms with E-state index in [1.807, 2.05) is 11.0 Å². The highest BCUT2D eigenvalue weighted by atomic mass is 35.5. The van der Waals surface area contributed by atoms with Gasteiger partial charge in [0.05, 0.1) is 10.6 Å². The molecule has 3 aromatic carbocycles. The van der Waals surface area contributed by atoms with Crippen LogP contribution in [0.25, 0.3) is 0 Å². The first-order valence-electron chi connectivity index (χ1n) is 11.2. The third-order valence-electron chi connectivity index (χ3n) is 7.00. The molecule has 1 saturated heterocycles. The van der Waals surface area contributed by atoms with Gasteiger partial charge in [0, 0.05) is 34.1 Å². The van der Waals surface area contributed by atoms with E-state index >= 15 is 0 Å². The van der Waals surface area contributed by atoms with Gasteiger partial charge in [0.15, 0.2) is 0 Å². The number of fused-ring (bicyclic) bond motifs is 2. The lowest BCUT2D eigenvalue weighted by molar-refractivity contribution is 0.0683. The van der Waals surface area contributed by atoms with Crippen molar-refractivity contribution < 1.29 is 4.79 Å². The van der Waals surface area contributed by atoms with E-state index in [9.17, 15) is 4.79 Å². The highest BCUT2D eigenvalue weighted by Gasteiger charge is 2.35. The van der Waals surface area contributed by atoms with Crippen LogP contribution in [0.15, 0.2) is 54.6 Å². The molecule has 1 aliphatic carbocycles. The lowest BCUT2D eigenvalue weighted by atomic mass is 9.74. The molecule has 1 atom stereocenters. The van der Waals surface area contributed by atoms with Crippen LogP contribution < -0.4 is 0 Å². The van der Waals surface area contributed by atoms with Gasteiger partial charge in [-0.2, -0.15) is 0 Å². The fraction of sp³-hybridized carbons (Fsp3) is 0.296. The first-order chi connectivity index (χ1) is 15.9. The normalized spacial score (nSPS) is 18.4. The topological polar surface area (TPSA) is 20.3 Å². The number of hydrogen-bond donors (Lipinski definition) is 0. The molecule has 2 aliphatic rings. The highest BCUT2D eigenvalue weighted by Crippen LogP contribution is 2.46. The number of halogens is 4. The Morgan fingerprint density at radius 1 is 0.788 bits per heavy atom. The molecule has 33 heavy (non-hydrogen) atoms. The van der Waals surface area contributed by atoms with E-state index in [0.29, 0.717) is 39.6 Å². The third kappa shape index (κ3) is 4.51. The van der Waals surface area contributed by atoms with E-state index in [4.69, 9.17) is 46.4 Å². The summed E-state index contributed by atoms with van der Waals surface area (Å²) >= 11 is 25.5. The second-order valence-corrected chi connectivity index (χ2v) is 10.6. The number of piperidine rings is 1. The third-order valence-corrected chi connectivity index (χ3v) is 8.08. The first-order valence-corrected chi connectivity index (χ1v) is 12.7. The van der Waals surface area contributed by atoms with Crippen LogP contribution in [0, 0.1) is 5.92 Å². The maximum atomic E-state index is 13.1. The van der Waals surface area contributed by atoms with E-state index in [2.05, 4.69) is 30.3 Å². The molecule has 5 rings (SSSR count). The summed E-state index contributed by atoms with van der Waals surface area (Å²) in [5.74, 6) is 0.535. The Hall–Kier alpha value is -1.71. The zero-order valence-corrected chi connectivity index (χ0v) is 21.0. The minimum atomic E-state index is -0.0402. The van der Waals surface area contributed by atoms with Gasteiger partial charge >= 0.3 is 0 Å². The summed E-state index contributed by atoms with van der Waals surface area (Å²) in [6.07, 6.45) is 3.70. The smallest absolute Gasteiger partial charge is 0.255 e. The number of amides is 1. The molecule has 0 spiro atoms. The molecule has 0 N–H and O–H groups in total. The summed E-state index contributed by atoms with van der Waals surface area (Å²) in [6, 6.07) is 17.7. The summed E-state index contributed by atoms with van der Waals surface area (Å²) < 4.78 is 0. The molecular weight excluding hydrogens is 496 g/mol. The molecule has 1 amide bonds. The summed E-state index contributed by atoms with van der Waals surface area (Å²) in [6.45, 7) is 1.36. The van der Waals surface area contributed by atoms with Crippen molar-refractivity contribution in [1.82, 2.24) is 4.90 Å².